The molecular weight excluding hydrogens is 188 g/mol. The van der Waals surface area contributed by atoms with Crippen LogP contribution in [0.3, 0.4) is 0 Å². The normalized spacial score (nSPS) is 20.2. The van der Waals surface area contributed by atoms with Crippen molar-refractivity contribution in [3.8, 4) is 0 Å². The van der Waals surface area contributed by atoms with E-state index >= 15 is 0 Å². The average Bonchev–Trinajstić information content (AvgIpc) is 3.00. The molecule has 84 valence electrons. The average molecular weight is 208 g/mol. The molecule has 1 saturated carbocycles. The van der Waals surface area contributed by atoms with Crippen molar-refractivity contribution in [3.63, 3.8) is 0 Å². The molecule has 1 aliphatic rings. The van der Waals surface area contributed by atoms with Crippen LogP contribution in [0.25, 0.3) is 0 Å². The van der Waals surface area contributed by atoms with Crippen molar-refractivity contribution < 1.29 is 5.11 Å². The number of rotatable bonds is 5. The molecule has 1 aliphatic carbocycles. The minimum Gasteiger partial charge on any atom is -0.394 e. The summed E-state index contributed by atoms with van der Waals surface area (Å²) in [5, 5.41) is 12.9. The van der Waals surface area contributed by atoms with Crippen LogP contribution in [0.5, 0.6) is 0 Å². The van der Waals surface area contributed by atoms with Crippen molar-refractivity contribution >= 4 is 0 Å². The van der Waals surface area contributed by atoms with Gasteiger partial charge in [-0.25, -0.2) is 0 Å². The maximum atomic E-state index is 9.41. The Bertz CT molecular complexity index is 330. The molecule has 1 aromatic rings. The largest absolute Gasteiger partial charge is 0.394 e. The molecule has 3 nitrogen and oxygen atoms in total. The number of aryl methyl sites for hydroxylation is 1. The molecule has 0 spiro atoms. The van der Waals surface area contributed by atoms with Gasteiger partial charge in [0.2, 0.25) is 0 Å². The van der Waals surface area contributed by atoms with Gasteiger partial charge in [-0.2, -0.15) is 0 Å². The van der Waals surface area contributed by atoms with E-state index in [2.05, 4.69) is 24.5 Å². The molecule has 2 rings (SSSR count). The highest BCUT2D eigenvalue weighted by Gasteiger charge is 2.40. The maximum Gasteiger partial charge on any atom is 0.0613 e. The molecule has 1 fully saturated rings. The van der Waals surface area contributed by atoms with Crippen molar-refractivity contribution in [2.45, 2.75) is 31.8 Å². The highest BCUT2D eigenvalue weighted by atomic mass is 16.3. The van der Waals surface area contributed by atoms with Crippen LogP contribution in [-0.2, 0) is 13.6 Å². The topological polar surface area (TPSA) is 37.2 Å². The molecule has 1 unspecified atom stereocenters. The Morgan fingerprint density at radius 3 is 2.80 bits per heavy atom. The standard InChI is InChI=1S/C12H20N2O/c1-12(9-15,11-3-4-11)13-7-10-5-6-14(2)8-10/h5-6,8,11,13,15H,3-4,7,9H2,1-2H3. The van der Waals surface area contributed by atoms with E-state index in [1.165, 1.54) is 18.4 Å². The van der Waals surface area contributed by atoms with Crippen molar-refractivity contribution in [1.29, 1.82) is 0 Å². The van der Waals surface area contributed by atoms with Gasteiger partial charge in [0.25, 0.3) is 0 Å². The van der Waals surface area contributed by atoms with Crippen LogP contribution < -0.4 is 5.32 Å². The minimum atomic E-state index is -0.0875. The number of nitrogens with zero attached hydrogens (tertiary/aromatic N) is 1. The van der Waals surface area contributed by atoms with E-state index in [9.17, 15) is 5.11 Å². The summed E-state index contributed by atoms with van der Waals surface area (Å²) in [6.07, 6.45) is 6.65. The van der Waals surface area contributed by atoms with Gasteiger partial charge in [-0.1, -0.05) is 0 Å². The second-order valence-corrected chi connectivity index (χ2v) is 4.89. The number of aliphatic hydroxyl groups is 1. The lowest BCUT2D eigenvalue weighted by atomic mass is 9.97. The fourth-order valence-corrected chi connectivity index (χ4v) is 2.02. The van der Waals surface area contributed by atoms with E-state index in [1.807, 2.05) is 17.8 Å². The Morgan fingerprint density at radius 2 is 2.33 bits per heavy atom. The molecule has 0 bridgehead atoms. The Balaban J connectivity index is 1.91. The lowest BCUT2D eigenvalue weighted by molar-refractivity contribution is 0.153. The molecule has 0 amide bonds. The third-order valence-electron chi connectivity index (χ3n) is 3.40. The minimum absolute atomic E-state index is 0.0875. The summed E-state index contributed by atoms with van der Waals surface area (Å²) in [5.41, 5.74) is 1.19. The van der Waals surface area contributed by atoms with Crippen LogP contribution in [0, 0.1) is 5.92 Å². The molecule has 0 aromatic carbocycles. The van der Waals surface area contributed by atoms with Crippen molar-refractivity contribution in [2.75, 3.05) is 6.61 Å². The fourth-order valence-electron chi connectivity index (χ4n) is 2.02. The van der Waals surface area contributed by atoms with Gasteiger partial charge in [0, 0.05) is 31.5 Å². The van der Waals surface area contributed by atoms with Gasteiger partial charge >= 0.3 is 0 Å². The van der Waals surface area contributed by atoms with Crippen LogP contribution in [0.1, 0.15) is 25.3 Å². The summed E-state index contributed by atoms with van der Waals surface area (Å²) >= 11 is 0. The summed E-state index contributed by atoms with van der Waals surface area (Å²) in [4.78, 5) is 0. The Morgan fingerprint density at radius 1 is 1.60 bits per heavy atom. The second-order valence-electron chi connectivity index (χ2n) is 4.89. The van der Waals surface area contributed by atoms with Gasteiger partial charge in [0.1, 0.15) is 0 Å². The molecule has 2 N–H and O–H groups in total. The van der Waals surface area contributed by atoms with E-state index in [4.69, 9.17) is 0 Å². The molecule has 3 heteroatoms. The predicted molar refractivity (Wildman–Crippen MR) is 60.5 cm³/mol. The lowest BCUT2D eigenvalue weighted by Gasteiger charge is -2.28. The zero-order valence-electron chi connectivity index (χ0n) is 9.53. The van der Waals surface area contributed by atoms with Crippen molar-refractivity contribution in [3.05, 3.63) is 24.0 Å². The number of aromatic nitrogens is 1. The number of hydrogen-bond donors (Lipinski definition) is 2. The van der Waals surface area contributed by atoms with Crippen LogP contribution in [0.15, 0.2) is 18.5 Å². The van der Waals surface area contributed by atoms with Gasteiger partial charge in [0.15, 0.2) is 0 Å². The molecule has 15 heavy (non-hydrogen) atoms. The Hall–Kier alpha value is -0.800. The summed E-state index contributed by atoms with van der Waals surface area (Å²) in [7, 11) is 2.02. The van der Waals surface area contributed by atoms with Crippen LogP contribution in [0.4, 0.5) is 0 Å². The highest BCUT2D eigenvalue weighted by molar-refractivity contribution is 5.11. The second kappa shape index (κ2) is 3.99. The van der Waals surface area contributed by atoms with Crippen LogP contribution in [0.2, 0.25) is 0 Å². The zero-order valence-corrected chi connectivity index (χ0v) is 9.53. The third kappa shape index (κ3) is 2.41. The van der Waals surface area contributed by atoms with Crippen LogP contribution in [-0.4, -0.2) is 21.8 Å². The summed E-state index contributed by atoms with van der Waals surface area (Å²) in [6.45, 7) is 3.19. The van der Waals surface area contributed by atoms with Crippen molar-refractivity contribution in [2.24, 2.45) is 13.0 Å². The first kappa shape index (κ1) is 10.7. The van der Waals surface area contributed by atoms with E-state index < -0.39 is 0 Å². The van der Waals surface area contributed by atoms with Crippen LogP contribution >= 0.6 is 0 Å². The SMILES string of the molecule is Cn1ccc(CNC(C)(CO)C2CC2)c1. The number of nitrogens with one attached hydrogen (secondary N) is 1. The first-order valence-corrected chi connectivity index (χ1v) is 5.61. The van der Waals surface area contributed by atoms with Gasteiger partial charge < -0.3 is 15.0 Å². The summed E-state index contributed by atoms with van der Waals surface area (Å²) in [6, 6.07) is 2.11. The zero-order chi connectivity index (χ0) is 10.9. The van der Waals surface area contributed by atoms with E-state index in [1.54, 1.807) is 0 Å². The Labute approximate surface area is 91.1 Å². The quantitative estimate of drug-likeness (QED) is 0.765. The summed E-state index contributed by atoms with van der Waals surface area (Å²) in [5.74, 6) is 0.659. The molecule has 1 heterocycles. The summed E-state index contributed by atoms with van der Waals surface area (Å²) < 4.78 is 2.05. The monoisotopic (exact) mass is 208 g/mol. The van der Waals surface area contributed by atoms with Gasteiger partial charge in [-0.3, -0.25) is 0 Å². The fraction of sp³-hybridized carbons (Fsp3) is 0.667. The van der Waals surface area contributed by atoms with E-state index in [-0.39, 0.29) is 12.1 Å². The van der Waals surface area contributed by atoms with E-state index in [0.717, 1.165) is 6.54 Å². The van der Waals surface area contributed by atoms with Gasteiger partial charge in [-0.05, 0) is 37.3 Å². The molecule has 0 saturated heterocycles. The van der Waals surface area contributed by atoms with Gasteiger partial charge in [-0.15, -0.1) is 0 Å². The molecule has 0 aliphatic heterocycles. The number of hydrogen-bond acceptors (Lipinski definition) is 2. The molecule has 0 radical (unpaired) electrons. The molecule has 1 aromatic heterocycles. The smallest absolute Gasteiger partial charge is 0.0613 e. The highest BCUT2D eigenvalue weighted by Crippen LogP contribution is 2.39. The lowest BCUT2D eigenvalue weighted by Crippen LogP contribution is -2.47. The molecule has 1 atom stereocenters. The first-order valence-electron chi connectivity index (χ1n) is 5.61. The van der Waals surface area contributed by atoms with Crippen molar-refractivity contribution in [1.82, 2.24) is 9.88 Å². The Kier molecular flexibility index (Phi) is 2.85. The van der Waals surface area contributed by atoms with Gasteiger partial charge in [0.05, 0.1) is 6.61 Å². The number of aliphatic hydroxyl groups excluding tert-OH is 1. The van der Waals surface area contributed by atoms with E-state index in [0.29, 0.717) is 5.92 Å². The third-order valence-corrected chi connectivity index (χ3v) is 3.40. The first-order chi connectivity index (χ1) is 7.14. The molecular formula is C12H20N2O. The predicted octanol–water partition coefficient (Wildman–Crippen LogP) is 1.28. The maximum absolute atomic E-state index is 9.41.